The predicted molar refractivity (Wildman–Crippen MR) is 165 cm³/mol. The van der Waals surface area contributed by atoms with Gasteiger partial charge in [0.15, 0.2) is 17.3 Å². The topological polar surface area (TPSA) is 130 Å². The van der Waals surface area contributed by atoms with Gasteiger partial charge in [-0.05, 0) is 75.6 Å². The summed E-state index contributed by atoms with van der Waals surface area (Å²) >= 11 is 0. The molecule has 8 rings (SSSR count). The number of halogens is 1. The summed E-state index contributed by atoms with van der Waals surface area (Å²) in [4.78, 5) is 22.3. The highest BCUT2D eigenvalue weighted by molar-refractivity contribution is 7.90. The van der Waals surface area contributed by atoms with Gasteiger partial charge in [-0.1, -0.05) is 17.7 Å². The van der Waals surface area contributed by atoms with Crippen LogP contribution in [0.3, 0.4) is 0 Å². The number of hydrogen-bond acceptors (Lipinski definition) is 9. The van der Waals surface area contributed by atoms with Gasteiger partial charge in [-0.3, -0.25) is 4.79 Å². The van der Waals surface area contributed by atoms with E-state index in [1.807, 2.05) is 19.9 Å². The zero-order chi connectivity index (χ0) is 31.5. The lowest BCUT2D eigenvalue weighted by Gasteiger charge is -2.47. The Hall–Kier alpha value is -4.52. The molecule has 1 N–H and O–H groups in total. The minimum Gasteiger partial charge on any atom is -0.481 e. The number of ether oxygens (including phenoxy) is 2. The van der Waals surface area contributed by atoms with Crippen LogP contribution >= 0.6 is 0 Å². The van der Waals surface area contributed by atoms with Crippen LogP contribution in [0.4, 0.5) is 10.2 Å². The second-order valence-corrected chi connectivity index (χ2v) is 13.6. The monoisotopic (exact) mass is 632 g/mol. The van der Waals surface area contributed by atoms with Crippen molar-refractivity contribution in [1.29, 1.82) is 0 Å². The Labute approximate surface area is 259 Å². The normalized spacial score (nSPS) is 21.3. The van der Waals surface area contributed by atoms with Gasteiger partial charge in [-0.25, -0.2) is 26.7 Å². The van der Waals surface area contributed by atoms with E-state index in [1.165, 1.54) is 31.5 Å². The summed E-state index contributed by atoms with van der Waals surface area (Å²) < 4.78 is 56.0. The van der Waals surface area contributed by atoms with Crippen LogP contribution in [0.15, 0.2) is 59.8 Å². The van der Waals surface area contributed by atoms with E-state index in [2.05, 4.69) is 10.3 Å². The number of nitrogens with zero attached hydrogens (tertiary/aromatic N) is 5. The molecule has 0 spiro atoms. The Morgan fingerprint density at radius 3 is 2.53 bits per heavy atom. The van der Waals surface area contributed by atoms with Crippen LogP contribution in [0.5, 0.6) is 5.88 Å². The van der Waals surface area contributed by atoms with E-state index in [-0.39, 0.29) is 57.1 Å². The molecule has 234 valence electrons. The third-order valence-electron chi connectivity index (χ3n) is 9.16. The van der Waals surface area contributed by atoms with E-state index in [0.29, 0.717) is 23.8 Å². The first-order valence-electron chi connectivity index (χ1n) is 15.1. The molecule has 11 nitrogen and oxygen atoms in total. The largest absolute Gasteiger partial charge is 0.481 e. The van der Waals surface area contributed by atoms with Crippen molar-refractivity contribution in [2.45, 2.75) is 50.5 Å². The molecule has 2 bridgehead atoms. The van der Waals surface area contributed by atoms with Crippen molar-refractivity contribution >= 4 is 38.4 Å². The molecule has 0 unspecified atom stereocenters. The van der Waals surface area contributed by atoms with Gasteiger partial charge >= 0.3 is 5.97 Å². The average molecular weight is 633 g/mol. The van der Waals surface area contributed by atoms with E-state index in [1.54, 1.807) is 22.7 Å². The van der Waals surface area contributed by atoms with Crippen LogP contribution in [-0.2, 0) is 19.6 Å². The van der Waals surface area contributed by atoms with Crippen LogP contribution in [0.1, 0.15) is 38.2 Å². The van der Waals surface area contributed by atoms with Gasteiger partial charge in [0.1, 0.15) is 11.3 Å². The van der Waals surface area contributed by atoms with Gasteiger partial charge in [0, 0.05) is 29.3 Å². The van der Waals surface area contributed by atoms with Crippen molar-refractivity contribution in [3.05, 3.63) is 66.2 Å². The first-order chi connectivity index (χ1) is 21.7. The number of nitrogens with one attached hydrogen (secondary N) is 1. The summed E-state index contributed by atoms with van der Waals surface area (Å²) in [7, 11) is -2.59. The van der Waals surface area contributed by atoms with Crippen molar-refractivity contribution in [3.8, 4) is 17.3 Å². The lowest BCUT2D eigenvalue weighted by molar-refractivity contribution is -0.154. The molecule has 3 aliphatic rings. The molecule has 1 aromatic carbocycles. The van der Waals surface area contributed by atoms with Crippen LogP contribution in [0.25, 0.3) is 27.9 Å². The Balaban J connectivity index is 1.39. The number of hydrogen-bond donors (Lipinski definition) is 1. The Kier molecular flexibility index (Phi) is 7.22. The molecule has 0 aliphatic heterocycles. The molecular formula is C32H33FN6O5S. The smallest absolute Gasteiger partial charge is 0.311 e. The molecule has 13 heteroatoms. The van der Waals surface area contributed by atoms with Crippen molar-refractivity contribution < 1.29 is 27.1 Å². The Bertz CT molecular complexity index is 2030. The number of carbonyl (C=O) groups is 1. The van der Waals surface area contributed by atoms with Gasteiger partial charge in [0.2, 0.25) is 5.88 Å². The number of benzene rings is 1. The summed E-state index contributed by atoms with van der Waals surface area (Å²) in [6.07, 6.45) is 6.29. The number of methoxy groups -OCH3 is 1. The highest BCUT2D eigenvalue weighted by Gasteiger charge is 2.48. The number of pyridine rings is 1. The number of rotatable bonds is 8. The summed E-state index contributed by atoms with van der Waals surface area (Å²) in [6.45, 7) is 3.98. The van der Waals surface area contributed by atoms with Crippen LogP contribution in [-0.4, -0.2) is 57.7 Å². The molecule has 3 saturated carbocycles. The summed E-state index contributed by atoms with van der Waals surface area (Å²) in [5.41, 5.74) is 1.82. The molecule has 0 radical (unpaired) electrons. The SMILES string of the molecule is CCOC(=O)[C@H]1[C@H]2CC[C@H](CC2)[C@@H]1Nc1nc(-c2cn(S(=O)(=O)c3ccc(C)cc3)c3ncc(F)cc23)nn2c(OC)ccc12. The second kappa shape index (κ2) is 11.1. The van der Waals surface area contributed by atoms with E-state index >= 15 is 0 Å². The predicted octanol–water partition coefficient (Wildman–Crippen LogP) is 5.22. The second-order valence-electron chi connectivity index (χ2n) is 11.8. The van der Waals surface area contributed by atoms with Gasteiger partial charge in [-0.2, -0.15) is 4.52 Å². The number of aromatic nitrogens is 5. The highest BCUT2D eigenvalue weighted by atomic mass is 32.2. The summed E-state index contributed by atoms with van der Waals surface area (Å²) in [5, 5.41) is 8.51. The summed E-state index contributed by atoms with van der Waals surface area (Å²) in [6, 6.07) is 11.0. The first-order valence-corrected chi connectivity index (χ1v) is 16.5. The average Bonchev–Trinajstić information content (AvgIpc) is 3.63. The van der Waals surface area contributed by atoms with Crippen molar-refractivity contribution in [2.24, 2.45) is 17.8 Å². The molecule has 5 aromatic rings. The fraction of sp³-hybridized carbons (Fsp3) is 0.375. The third kappa shape index (κ3) is 4.89. The molecule has 3 aliphatic carbocycles. The Morgan fingerprint density at radius 1 is 1.09 bits per heavy atom. The van der Waals surface area contributed by atoms with Crippen LogP contribution in [0.2, 0.25) is 0 Å². The molecule has 0 saturated heterocycles. The van der Waals surface area contributed by atoms with Gasteiger partial charge in [0.25, 0.3) is 10.0 Å². The molecule has 45 heavy (non-hydrogen) atoms. The molecule has 0 amide bonds. The number of aryl methyl sites for hydroxylation is 1. The number of carbonyl (C=O) groups excluding carboxylic acids is 1. The van der Waals surface area contributed by atoms with Gasteiger partial charge in [0.05, 0.1) is 30.7 Å². The van der Waals surface area contributed by atoms with E-state index in [4.69, 9.17) is 19.6 Å². The molecular weight excluding hydrogens is 599 g/mol. The third-order valence-corrected chi connectivity index (χ3v) is 10.8. The lowest BCUT2D eigenvalue weighted by Crippen LogP contribution is -2.52. The standard InChI is InChI=1S/C32H33FN6O5S/c1-4-44-32(40)27-19-7-9-20(10-8-19)28(27)35-30-25-13-14-26(43-3)39(25)37-29(36-30)24-17-38(31-23(24)15-21(33)16-34-31)45(41,42)22-11-5-18(2)6-12-22/h5-6,11-17,19-20,27-28H,4,7-10H2,1-3H3,(H,35,36,37)/t19-,20+,27-,28-/m0/s1. The van der Waals surface area contributed by atoms with E-state index in [9.17, 15) is 17.6 Å². The van der Waals surface area contributed by atoms with E-state index < -0.39 is 15.8 Å². The molecule has 4 heterocycles. The van der Waals surface area contributed by atoms with Crippen molar-refractivity contribution in [2.75, 3.05) is 19.0 Å². The maximum absolute atomic E-state index is 14.6. The number of fused-ring (bicyclic) bond motifs is 5. The minimum atomic E-state index is -4.11. The van der Waals surface area contributed by atoms with Crippen LogP contribution < -0.4 is 10.1 Å². The Morgan fingerprint density at radius 2 is 1.82 bits per heavy atom. The molecule has 4 aromatic heterocycles. The molecule has 2 atom stereocenters. The van der Waals surface area contributed by atoms with Gasteiger partial charge < -0.3 is 14.8 Å². The lowest BCUT2D eigenvalue weighted by atomic mass is 9.61. The fourth-order valence-corrected chi connectivity index (χ4v) is 8.30. The fourth-order valence-electron chi connectivity index (χ4n) is 6.98. The zero-order valence-corrected chi connectivity index (χ0v) is 25.9. The minimum absolute atomic E-state index is 0.0385. The maximum atomic E-state index is 14.6. The number of esters is 1. The zero-order valence-electron chi connectivity index (χ0n) is 25.1. The quantitative estimate of drug-likeness (QED) is 0.229. The van der Waals surface area contributed by atoms with Crippen molar-refractivity contribution in [1.82, 2.24) is 23.6 Å². The number of anilines is 1. The van der Waals surface area contributed by atoms with Gasteiger partial charge in [-0.15, -0.1) is 5.10 Å². The summed E-state index contributed by atoms with van der Waals surface area (Å²) in [5.74, 6) is 0.280. The van der Waals surface area contributed by atoms with Crippen LogP contribution in [0, 0.1) is 30.5 Å². The van der Waals surface area contributed by atoms with Crippen molar-refractivity contribution in [3.63, 3.8) is 0 Å². The highest BCUT2D eigenvalue weighted by Crippen LogP contribution is 2.47. The maximum Gasteiger partial charge on any atom is 0.311 e. The first kappa shape index (κ1) is 29.2. The van der Waals surface area contributed by atoms with E-state index in [0.717, 1.165) is 41.4 Å². The molecule has 3 fully saturated rings.